The lowest BCUT2D eigenvalue weighted by atomic mass is 9.86. The van der Waals surface area contributed by atoms with E-state index in [9.17, 15) is 50.1 Å². The van der Waals surface area contributed by atoms with E-state index in [0.717, 1.165) is 24.3 Å². The van der Waals surface area contributed by atoms with Gasteiger partial charge in [0.25, 0.3) is 29.2 Å². The van der Waals surface area contributed by atoms with Gasteiger partial charge in [-0.1, -0.05) is 12.1 Å². The zero-order valence-corrected chi connectivity index (χ0v) is 21.2. The van der Waals surface area contributed by atoms with Crippen LogP contribution in [-0.4, -0.2) is 107 Å². The quantitative estimate of drug-likeness (QED) is 0.123. The summed E-state index contributed by atoms with van der Waals surface area (Å²) in [7, 11) is 0. The number of hydrogen-bond donors (Lipinski definition) is 8. The van der Waals surface area contributed by atoms with Crippen LogP contribution in [0.4, 0.5) is 4.39 Å². The average Bonchev–Trinajstić information content (AvgIpc) is 3.25. The van der Waals surface area contributed by atoms with Gasteiger partial charge < -0.3 is 45.2 Å². The fourth-order valence-electron chi connectivity index (χ4n) is 4.96. The molecule has 1 unspecified atom stereocenters. The van der Waals surface area contributed by atoms with Crippen LogP contribution in [0.3, 0.4) is 0 Å². The first-order valence-corrected chi connectivity index (χ1v) is 12.3. The molecule has 16 heteroatoms. The normalized spacial score (nSPS) is 24.3. The maximum atomic E-state index is 15.0. The highest BCUT2D eigenvalue weighted by Gasteiger charge is 2.76. The van der Waals surface area contributed by atoms with Gasteiger partial charge in [-0.2, -0.15) is 0 Å². The van der Waals surface area contributed by atoms with Crippen molar-refractivity contribution >= 4 is 17.7 Å². The molecule has 0 spiro atoms. The third kappa shape index (κ3) is 4.45. The summed E-state index contributed by atoms with van der Waals surface area (Å²) < 4.78 is 25.6. The zero-order valence-electron chi connectivity index (χ0n) is 21.2. The summed E-state index contributed by atoms with van der Waals surface area (Å²) in [4.78, 5) is 39.6. The Morgan fingerprint density at radius 2 is 1.68 bits per heavy atom. The third-order valence-electron chi connectivity index (χ3n) is 7.29. The molecule has 0 aromatic heterocycles. The molecule has 2 saturated heterocycles. The molecule has 2 aromatic rings. The predicted molar refractivity (Wildman–Crippen MR) is 128 cm³/mol. The smallest absolute Gasteiger partial charge is 0.354 e. The van der Waals surface area contributed by atoms with E-state index in [1.165, 1.54) is 17.4 Å². The van der Waals surface area contributed by atoms with Crippen molar-refractivity contribution < 1.29 is 64.0 Å². The largest absolute Gasteiger partial charge is 0.435 e. The Morgan fingerprint density at radius 1 is 1.00 bits per heavy atom. The van der Waals surface area contributed by atoms with Gasteiger partial charge in [0.05, 0.1) is 25.3 Å². The van der Waals surface area contributed by atoms with Gasteiger partial charge in [-0.3, -0.25) is 29.5 Å². The molecule has 0 aliphatic carbocycles. The molecule has 41 heavy (non-hydrogen) atoms. The highest BCUT2D eigenvalue weighted by molar-refractivity contribution is 6.10. The molecule has 8 N–H and O–H groups in total. The lowest BCUT2D eigenvalue weighted by Gasteiger charge is -2.50. The Hall–Kier alpha value is -3.58. The fraction of sp³-hybridized carbons (Fsp3) is 0.400. The minimum Gasteiger partial charge on any atom is -0.435 e. The molecule has 2 aromatic carbocycles. The Kier molecular flexibility index (Phi) is 6.89. The number of amides is 3. The molecule has 220 valence electrons. The van der Waals surface area contributed by atoms with Crippen LogP contribution < -0.4 is 10.1 Å². The summed E-state index contributed by atoms with van der Waals surface area (Å²) in [5.74, 6) is -18.3. The van der Waals surface area contributed by atoms with Gasteiger partial charge in [0, 0.05) is 30.8 Å². The number of imide groups is 1. The van der Waals surface area contributed by atoms with Crippen LogP contribution in [0.1, 0.15) is 27.0 Å². The second-order valence-corrected chi connectivity index (χ2v) is 9.89. The number of halogens is 1. The number of ether oxygens (including phenoxy) is 2. The standard InChI is InChI=1S/C25H26FN3O12/c26-17-10-13(11-28-6-8-40-9-7-28)4-5-16(17)24(36,37)41-18-3-1-2-14-15(18)12-29(19(14)30)22(33)20(31)27-21(32)23(34,35)25(22,38)39/h1-5,10,33-39H,6-9,11-12H2,(H,27,31,32). The summed E-state index contributed by atoms with van der Waals surface area (Å²) in [6.45, 7) is 1.85. The molecule has 3 heterocycles. The molecular formula is C25H26FN3O12. The topological polar surface area (TPSA) is 230 Å². The predicted octanol–water partition coefficient (Wildman–Crippen LogP) is -3.51. The molecule has 1 atom stereocenters. The van der Waals surface area contributed by atoms with Crippen molar-refractivity contribution in [3.8, 4) is 5.75 Å². The number of rotatable bonds is 6. The average molecular weight is 579 g/mol. The Balaban J connectivity index is 1.42. The van der Waals surface area contributed by atoms with Crippen molar-refractivity contribution in [1.29, 1.82) is 0 Å². The number of hydrogen-bond acceptors (Lipinski definition) is 13. The SMILES string of the molecule is O=C1c2cccc(OC(O)(O)c3ccc(CN4CCOCC4)cc3F)c2CN1C1(O)C(=O)NC(=O)C(O)(O)C1(O)O. The third-order valence-corrected chi connectivity index (χ3v) is 7.29. The van der Waals surface area contributed by atoms with E-state index in [-0.39, 0.29) is 16.0 Å². The van der Waals surface area contributed by atoms with E-state index in [4.69, 9.17) is 9.47 Å². The van der Waals surface area contributed by atoms with Crippen LogP contribution in [0.25, 0.3) is 0 Å². The van der Waals surface area contributed by atoms with Crippen LogP contribution in [0.2, 0.25) is 0 Å². The highest BCUT2D eigenvalue weighted by atomic mass is 19.1. The van der Waals surface area contributed by atoms with E-state index in [1.54, 1.807) is 0 Å². The van der Waals surface area contributed by atoms with Gasteiger partial charge in [-0.15, -0.1) is 0 Å². The van der Waals surface area contributed by atoms with E-state index in [1.807, 2.05) is 4.90 Å². The Labute approximate surface area is 230 Å². The van der Waals surface area contributed by atoms with Crippen molar-refractivity contribution in [3.63, 3.8) is 0 Å². The fourth-order valence-corrected chi connectivity index (χ4v) is 4.96. The Morgan fingerprint density at radius 3 is 2.34 bits per heavy atom. The van der Waals surface area contributed by atoms with Gasteiger partial charge in [-0.25, -0.2) is 4.39 Å². The van der Waals surface area contributed by atoms with Crippen LogP contribution >= 0.6 is 0 Å². The minimum absolute atomic E-state index is 0.116. The molecule has 0 saturated carbocycles. The van der Waals surface area contributed by atoms with E-state index >= 15 is 4.39 Å². The molecule has 15 nitrogen and oxygen atoms in total. The van der Waals surface area contributed by atoms with Gasteiger partial charge in [0.15, 0.2) is 0 Å². The van der Waals surface area contributed by atoms with Crippen molar-refractivity contribution in [2.45, 2.75) is 36.4 Å². The number of morpholine rings is 1. The number of carbonyl (C=O) groups excluding carboxylic acids is 3. The molecule has 3 amide bonds. The molecule has 5 rings (SSSR count). The molecule has 2 fully saturated rings. The van der Waals surface area contributed by atoms with Crippen LogP contribution in [0.15, 0.2) is 36.4 Å². The van der Waals surface area contributed by atoms with Crippen molar-refractivity contribution in [2.24, 2.45) is 0 Å². The lowest BCUT2D eigenvalue weighted by molar-refractivity contribution is -0.408. The van der Waals surface area contributed by atoms with Crippen molar-refractivity contribution in [3.05, 3.63) is 64.5 Å². The van der Waals surface area contributed by atoms with Crippen molar-refractivity contribution in [2.75, 3.05) is 26.3 Å². The zero-order chi connectivity index (χ0) is 30.0. The summed E-state index contributed by atoms with van der Waals surface area (Å²) in [6, 6.07) is 7.17. The summed E-state index contributed by atoms with van der Waals surface area (Å²) >= 11 is 0. The van der Waals surface area contributed by atoms with Gasteiger partial charge in [-0.05, 0) is 29.8 Å². The van der Waals surface area contributed by atoms with Gasteiger partial charge in [0.2, 0.25) is 0 Å². The molecular weight excluding hydrogens is 553 g/mol. The molecule has 0 radical (unpaired) electrons. The maximum Gasteiger partial charge on any atom is 0.354 e. The highest BCUT2D eigenvalue weighted by Crippen LogP contribution is 2.43. The van der Waals surface area contributed by atoms with Crippen LogP contribution in [0.5, 0.6) is 5.75 Å². The molecule has 3 aliphatic heterocycles. The first kappa shape index (κ1) is 28.9. The van der Waals surface area contributed by atoms with Crippen LogP contribution in [0, 0.1) is 5.82 Å². The summed E-state index contributed by atoms with van der Waals surface area (Å²) in [6.07, 6.45) is 0. The van der Waals surface area contributed by atoms with Crippen LogP contribution in [-0.2, 0) is 33.4 Å². The second-order valence-electron chi connectivity index (χ2n) is 9.89. The number of aliphatic hydroxyl groups is 7. The first-order chi connectivity index (χ1) is 19.1. The number of carbonyl (C=O) groups is 3. The van der Waals surface area contributed by atoms with E-state index in [0.29, 0.717) is 38.4 Å². The lowest BCUT2D eigenvalue weighted by Crippen LogP contribution is -2.85. The molecule has 0 bridgehead atoms. The minimum atomic E-state index is -4.32. The van der Waals surface area contributed by atoms with Gasteiger partial charge in [0.1, 0.15) is 11.6 Å². The Bertz CT molecular complexity index is 1420. The second kappa shape index (κ2) is 9.76. The van der Waals surface area contributed by atoms with E-state index in [2.05, 4.69) is 0 Å². The molecule has 3 aliphatic rings. The van der Waals surface area contributed by atoms with E-state index < -0.39 is 64.7 Å². The monoisotopic (exact) mass is 579 g/mol. The summed E-state index contributed by atoms with van der Waals surface area (Å²) in [5, 5.41) is 74.2. The maximum absolute atomic E-state index is 15.0. The number of piperidine rings is 1. The number of nitrogens with one attached hydrogen (secondary N) is 1. The number of benzene rings is 2. The van der Waals surface area contributed by atoms with Gasteiger partial charge >= 0.3 is 11.8 Å². The number of nitrogens with zero attached hydrogens (tertiary/aromatic N) is 2. The first-order valence-electron chi connectivity index (χ1n) is 12.3. The summed E-state index contributed by atoms with van der Waals surface area (Å²) in [5.41, 5.74) is -4.53. The number of fused-ring (bicyclic) bond motifs is 1. The van der Waals surface area contributed by atoms with Crippen molar-refractivity contribution in [1.82, 2.24) is 15.1 Å².